The molecule has 0 aliphatic heterocycles. The van der Waals surface area contributed by atoms with E-state index in [1.54, 1.807) is 12.1 Å². The molecule has 158 valence electrons. The summed E-state index contributed by atoms with van der Waals surface area (Å²) >= 11 is 0. The number of carbonyl (C=O) groups excluding carboxylic acids is 1. The van der Waals surface area contributed by atoms with E-state index in [9.17, 15) is 4.79 Å². The Morgan fingerprint density at radius 2 is 1.28 bits per heavy atom. The standard InChI is InChI=1S/C29H25NO2/c1-4-29(31)32-28-18-12-24(13-19-28)23-10-16-26(17-11-23)30(25-14-8-21(2)9-15-25)27-7-5-6-22(3)20-27/h4-20H,1H2,2-3H3. The minimum Gasteiger partial charge on any atom is -0.423 e. The van der Waals surface area contributed by atoms with E-state index in [1.807, 2.05) is 12.1 Å². The maximum atomic E-state index is 11.4. The van der Waals surface area contributed by atoms with Crippen molar-refractivity contribution in [1.82, 2.24) is 0 Å². The Labute approximate surface area is 189 Å². The fourth-order valence-electron chi connectivity index (χ4n) is 3.58. The summed E-state index contributed by atoms with van der Waals surface area (Å²) in [7, 11) is 0. The molecule has 0 atom stereocenters. The highest BCUT2D eigenvalue weighted by Gasteiger charge is 2.13. The first-order chi connectivity index (χ1) is 15.5. The third-order valence-corrected chi connectivity index (χ3v) is 5.25. The maximum absolute atomic E-state index is 11.4. The Balaban J connectivity index is 1.65. The van der Waals surface area contributed by atoms with Crippen LogP contribution in [0.15, 0.2) is 110 Å². The van der Waals surface area contributed by atoms with Gasteiger partial charge in [-0.05, 0) is 79.1 Å². The van der Waals surface area contributed by atoms with E-state index >= 15 is 0 Å². The topological polar surface area (TPSA) is 29.5 Å². The number of ether oxygens (including phenoxy) is 1. The smallest absolute Gasteiger partial charge is 0.335 e. The normalized spacial score (nSPS) is 10.4. The van der Waals surface area contributed by atoms with Crippen molar-refractivity contribution in [2.75, 3.05) is 4.90 Å². The van der Waals surface area contributed by atoms with Crippen LogP contribution in [0, 0.1) is 13.8 Å². The molecule has 3 heteroatoms. The zero-order chi connectivity index (χ0) is 22.5. The summed E-state index contributed by atoms with van der Waals surface area (Å²) in [6.45, 7) is 7.62. The van der Waals surface area contributed by atoms with Crippen LogP contribution in [0.4, 0.5) is 17.1 Å². The predicted octanol–water partition coefficient (Wildman–Crippen LogP) is 7.53. The number of rotatable bonds is 6. The number of aryl methyl sites for hydroxylation is 2. The molecule has 0 spiro atoms. The molecule has 0 heterocycles. The van der Waals surface area contributed by atoms with E-state index < -0.39 is 5.97 Å². The lowest BCUT2D eigenvalue weighted by molar-refractivity contribution is -0.128. The summed E-state index contributed by atoms with van der Waals surface area (Å²) in [5, 5.41) is 0. The molecule has 0 unspecified atom stereocenters. The first-order valence-electron chi connectivity index (χ1n) is 10.5. The number of benzene rings is 4. The second kappa shape index (κ2) is 9.36. The van der Waals surface area contributed by atoms with Gasteiger partial charge in [0.05, 0.1) is 0 Å². The van der Waals surface area contributed by atoms with Crippen molar-refractivity contribution in [3.63, 3.8) is 0 Å². The Morgan fingerprint density at radius 1 is 0.719 bits per heavy atom. The molecule has 0 fully saturated rings. The minimum absolute atomic E-state index is 0.463. The molecule has 0 radical (unpaired) electrons. The molecule has 4 aromatic carbocycles. The number of hydrogen-bond donors (Lipinski definition) is 0. The minimum atomic E-state index is -0.463. The molecule has 0 amide bonds. The van der Waals surface area contributed by atoms with Gasteiger partial charge in [-0.1, -0.05) is 60.7 Å². The lowest BCUT2D eigenvalue weighted by atomic mass is 10.0. The van der Waals surface area contributed by atoms with E-state index in [0.29, 0.717) is 5.75 Å². The van der Waals surface area contributed by atoms with E-state index in [4.69, 9.17) is 4.74 Å². The largest absolute Gasteiger partial charge is 0.423 e. The first kappa shape index (κ1) is 21.1. The van der Waals surface area contributed by atoms with Gasteiger partial charge in [0.1, 0.15) is 5.75 Å². The predicted molar refractivity (Wildman–Crippen MR) is 132 cm³/mol. The third-order valence-electron chi connectivity index (χ3n) is 5.25. The third kappa shape index (κ3) is 4.79. The average molecular weight is 420 g/mol. The van der Waals surface area contributed by atoms with Crippen molar-refractivity contribution >= 4 is 23.0 Å². The van der Waals surface area contributed by atoms with E-state index in [-0.39, 0.29) is 0 Å². The van der Waals surface area contributed by atoms with Crippen LogP contribution in [0.3, 0.4) is 0 Å². The number of hydrogen-bond acceptors (Lipinski definition) is 3. The number of carbonyl (C=O) groups is 1. The molecule has 0 saturated carbocycles. The maximum Gasteiger partial charge on any atom is 0.335 e. The fraction of sp³-hybridized carbons (Fsp3) is 0.0690. The van der Waals surface area contributed by atoms with Crippen molar-refractivity contribution < 1.29 is 9.53 Å². The van der Waals surface area contributed by atoms with Crippen molar-refractivity contribution in [2.45, 2.75) is 13.8 Å². The van der Waals surface area contributed by atoms with Crippen molar-refractivity contribution in [1.29, 1.82) is 0 Å². The van der Waals surface area contributed by atoms with Crippen LogP contribution in [0.2, 0.25) is 0 Å². The molecule has 0 N–H and O–H groups in total. The zero-order valence-corrected chi connectivity index (χ0v) is 18.3. The molecule has 4 aromatic rings. The Bertz CT molecular complexity index is 1220. The van der Waals surface area contributed by atoms with Gasteiger partial charge in [-0.2, -0.15) is 0 Å². The summed E-state index contributed by atoms with van der Waals surface area (Å²) in [5.74, 6) is 0.0368. The highest BCUT2D eigenvalue weighted by molar-refractivity contribution is 5.83. The van der Waals surface area contributed by atoms with Crippen LogP contribution < -0.4 is 9.64 Å². The van der Waals surface area contributed by atoms with E-state index in [2.05, 4.69) is 98.1 Å². The van der Waals surface area contributed by atoms with Crippen LogP contribution in [0.25, 0.3) is 11.1 Å². The molecule has 0 aliphatic carbocycles. The number of esters is 1. The van der Waals surface area contributed by atoms with Gasteiger partial charge in [-0.15, -0.1) is 0 Å². The van der Waals surface area contributed by atoms with E-state index in [0.717, 1.165) is 34.3 Å². The molecule has 0 saturated heterocycles. The monoisotopic (exact) mass is 419 g/mol. The van der Waals surface area contributed by atoms with Gasteiger partial charge in [0.25, 0.3) is 0 Å². The van der Waals surface area contributed by atoms with Gasteiger partial charge in [0, 0.05) is 23.1 Å². The van der Waals surface area contributed by atoms with Gasteiger partial charge in [0.2, 0.25) is 0 Å². The number of anilines is 3. The molecule has 0 bridgehead atoms. The highest BCUT2D eigenvalue weighted by Crippen LogP contribution is 2.36. The van der Waals surface area contributed by atoms with Gasteiger partial charge in [0.15, 0.2) is 0 Å². The van der Waals surface area contributed by atoms with Crippen molar-refractivity contribution in [3.05, 3.63) is 121 Å². The molecule has 0 aromatic heterocycles. The summed E-state index contributed by atoms with van der Waals surface area (Å²) in [6, 6.07) is 33.0. The number of nitrogens with zero attached hydrogens (tertiary/aromatic N) is 1. The van der Waals surface area contributed by atoms with Crippen LogP contribution in [0.1, 0.15) is 11.1 Å². The van der Waals surface area contributed by atoms with Crippen LogP contribution >= 0.6 is 0 Å². The fourth-order valence-corrected chi connectivity index (χ4v) is 3.58. The second-order valence-corrected chi connectivity index (χ2v) is 7.71. The Morgan fingerprint density at radius 3 is 1.84 bits per heavy atom. The second-order valence-electron chi connectivity index (χ2n) is 7.71. The van der Waals surface area contributed by atoms with Gasteiger partial charge < -0.3 is 9.64 Å². The molecule has 32 heavy (non-hydrogen) atoms. The molecular weight excluding hydrogens is 394 g/mol. The first-order valence-corrected chi connectivity index (χ1v) is 10.5. The van der Waals surface area contributed by atoms with Crippen LogP contribution in [-0.4, -0.2) is 5.97 Å². The molecule has 0 aliphatic rings. The Hall–Kier alpha value is -4.11. The zero-order valence-electron chi connectivity index (χ0n) is 18.3. The Kier molecular flexibility index (Phi) is 6.18. The summed E-state index contributed by atoms with van der Waals surface area (Å²) < 4.78 is 5.16. The lowest BCUT2D eigenvalue weighted by Gasteiger charge is -2.26. The average Bonchev–Trinajstić information content (AvgIpc) is 2.81. The van der Waals surface area contributed by atoms with Crippen molar-refractivity contribution in [3.8, 4) is 16.9 Å². The van der Waals surface area contributed by atoms with Crippen LogP contribution in [-0.2, 0) is 4.79 Å². The SMILES string of the molecule is C=CC(=O)Oc1ccc(-c2ccc(N(c3ccc(C)cc3)c3cccc(C)c3)cc2)cc1. The van der Waals surface area contributed by atoms with Crippen LogP contribution in [0.5, 0.6) is 5.75 Å². The van der Waals surface area contributed by atoms with Gasteiger partial charge in [-0.25, -0.2) is 4.79 Å². The van der Waals surface area contributed by atoms with Gasteiger partial charge >= 0.3 is 5.97 Å². The molecule has 3 nitrogen and oxygen atoms in total. The quantitative estimate of drug-likeness (QED) is 0.184. The summed E-state index contributed by atoms with van der Waals surface area (Å²) in [6.07, 6.45) is 1.15. The van der Waals surface area contributed by atoms with Gasteiger partial charge in [-0.3, -0.25) is 0 Å². The highest BCUT2D eigenvalue weighted by atomic mass is 16.5. The summed E-state index contributed by atoms with van der Waals surface area (Å²) in [4.78, 5) is 13.6. The summed E-state index contributed by atoms with van der Waals surface area (Å²) in [5.41, 5.74) is 7.90. The molecular formula is C29H25NO2. The van der Waals surface area contributed by atoms with E-state index in [1.165, 1.54) is 11.1 Å². The van der Waals surface area contributed by atoms with Crippen molar-refractivity contribution in [2.24, 2.45) is 0 Å². The lowest BCUT2D eigenvalue weighted by Crippen LogP contribution is -2.10. The molecule has 4 rings (SSSR count).